The van der Waals surface area contributed by atoms with Crippen LogP contribution in [0.4, 0.5) is 0 Å². The van der Waals surface area contributed by atoms with E-state index in [0.29, 0.717) is 18.5 Å². The van der Waals surface area contributed by atoms with Crippen molar-refractivity contribution in [3.63, 3.8) is 0 Å². The van der Waals surface area contributed by atoms with E-state index in [1.54, 1.807) is 0 Å². The van der Waals surface area contributed by atoms with E-state index in [0.717, 1.165) is 25.7 Å². The number of rotatable bonds is 6. The van der Waals surface area contributed by atoms with Crippen molar-refractivity contribution in [1.29, 1.82) is 0 Å². The Morgan fingerprint density at radius 3 is 2.86 bits per heavy atom. The molecular formula is C10H18N2O2. The Kier molecular flexibility index (Phi) is 4.43. The van der Waals surface area contributed by atoms with Crippen LogP contribution in [-0.4, -0.2) is 24.5 Å². The van der Waals surface area contributed by atoms with E-state index >= 15 is 0 Å². The molecule has 14 heavy (non-hydrogen) atoms. The van der Waals surface area contributed by atoms with Crippen LogP contribution in [0, 0.1) is 0 Å². The molecule has 1 rings (SSSR count). The first-order valence-electron chi connectivity index (χ1n) is 5.20. The number of amidine groups is 1. The average molecular weight is 198 g/mol. The van der Waals surface area contributed by atoms with Crippen LogP contribution in [0.3, 0.4) is 0 Å². The van der Waals surface area contributed by atoms with Crippen molar-refractivity contribution >= 4 is 11.8 Å². The molecule has 0 unspecified atom stereocenters. The molecule has 2 N–H and O–H groups in total. The van der Waals surface area contributed by atoms with Gasteiger partial charge < -0.3 is 10.5 Å². The molecule has 1 aliphatic rings. The number of esters is 1. The lowest BCUT2D eigenvalue weighted by Gasteiger charge is -2.03. The number of hydrogen-bond donors (Lipinski definition) is 1. The van der Waals surface area contributed by atoms with Crippen LogP contribution in [0.25, 0.3) is 0 Å². The predicted molar refractivity (Wildman–Crippen MR) is 55.1 cm³/mol. The molecule has 0 amide bonds. The molecular weight excluding hydrogens is 180 g/mol. The smallest absolute Gasteiger partial charge is 0.313 e. The maximum Gasteiger partial charge on any atom is 0.313 e. The fourth-order valence-electron chi connectivity index (χ4n) is 1.01. The van der Waals surface area contributed by atoms with E-state index < -0.39 is 0 Å². The van der Waals surface area contributed by atoms with Gasteiger partial charge in [-0.05, 0) is 19.3 Å². The molecule has 1 aliphatic carbocycles. The average Bonchev–Trinajstić information content (AvgIpc) is 2.88. The molecule has 80 valence electrons. The van der Waals surface area contributed by atoms with Gasteiger partial charge in [0.25, 0.3) is 0 Å². The molecule has 0 aromatic rings. The minimum absolute atomic E-state index is 0.139. The summed E-state index contributed by atoms with van der Waals surface area (Å²) in [4.78, 5) is 15.3. The number of ether oxygens (including phenoxy) is 1. The summed E-state index contributed by atoms with van der Waals surface area (Å²) in [5.41, 5.74) is 5.57. The van der Waals surface area contributed by atoms with Crippen LogP contribution in [0.5, 0.6) is 0 Å². The third-order valence-electron chi connectivity index (χ3n) is 1.98. The van der Waals surface area contributed by atoms with Crippen molar-refractivity contribution in [3.8, 4) is 0 Å². The van der Waals surface area contributed by atoms with Crippen LogP contribution in [0.15, 0.2) is 4.99 Å². The molecule has 0 aliphatic heterocycles. The van der Waals surface area contributed by atoms with Crippen LogP contribution in [0.1, 0.15) is 39.0 Å². The summed E-state index contributed by atoms with van der Waals surface area (Å²) in [6.45, 7) is 2.54. The normalized spacial score (nSPS) is 16.8. The lowest BCUT2D eigenvalue weighted by Crippen LogP contribution is -2.19. The second-order valence-corrected chi connectivity index (χ2v) is 3.60. The predicted octanol–water partition coefficient (Wildman–Crippen LogP) is 1.24. The molecule has 0 aromatic heterocycles. The largest absolute Gasteiger partial charge is 0.465 e. The zero-order valence-corrected chi connectivity index (χ0v) is 8.66. The second-order valence-electron chi connectivity index (χ2n) is 3.60. The van der Waals surface area contributed by atoms with Gasteiger partial charge in [0.2, 0.25) is 0 Å². The molecule has 0 spiro atoms. The molecule has 4 heteroatoms. The highest BCUT2D eigenvalue weighted by Gasteiger charge is 2.20. The van der Waals surface area contributed by atoms with Gasteiger partial charge in [0.15, 0.2) is 0 Å². The summed E-state index contributed by atoms with van der Waals surface area (Å²) >= 11 is 0. The van der Waals surface area contributed by atoms with Crippen molar-refractivity contribution in [2.24, 2.45) is 10.7 Å². The molecule has 1 fully saturated rings. The Morgan fingerprint density at radius 2 is 2.29 bits per heavy atom. The topological polar surface area (TPSA) is 64.7 Å². The Balaban J connectivity index is 2.12. The van der Waals surface area contributed by atoms with Gasteiger partial charge in [0.05, 0.1) is 12.6 Å². The first-order chi connectivity index (χ1) is 6.72. The zero-order chi connectivity index (χ0) is 10.4. The zero-order valence-electron chi connectivity index (χ0n) is 8.66. The number of nitrogens with two attached hydrogens (primary N) is 1. The van der Waals surface area contributed by atoms with Crippen LogP contribution < -0.4 is 5.73 Å². The fourth-order valence-corrected chi connectivity index (χ4v) is 1.01. The summed E-state index contributed by atoms with van der Waals surface area (Å²) in [6, 6.07) is 0.374. The molecule has 0 radical (unpaired) electrons. The molecule has 1 saturated carbocycles. The maximum absolute atomic E-state index is 11.1. The van der Waals surface area contributed by atoms with Gasteiger partial charge in [-0.15, -0.1) is 0 Å². The molecule has 0 heterocycles. The fraction of sp³-hybridized carbons (Fsp3) is 0.800. The van der Waals surface area contributed by atoms with Gasteiger partial charge in [0.1, 0.15) is 12.3 Å². The van der Waals surface area contributed by atoms with E-state index in [1.165, 1.54) is 0 Å². The summed E-state index contributed by atoms with van der Waals surface area (Å²) in [7, 11) is 0. The molecule has 0 atom stereocenters. The van der Waals surface area contributed by atoms with Crippen molar-refractivity contribution in [3.05, 3.63) is 0 Å². The highest BCUT2D eigenvalue weighted by molar-refractivity contribution is 5.96. The summed E-state index contributed by atoms with van der Waals surface area (Å²) in [6.07, 6.45) is 4.28. The van der Waals surface area contributed by atoms with E-state index in [1.807, 2.05) is 0 Å². The quantitative estimate of drug-likeness (QED) is 0.302. The highest BCUT2D eigenvalue weighted by Crippen LogP contribution is 2.23. The first kappa shape index (κ1) is 11.0. The van der Waals surface area contributed by atoms with Crippen molar-refractivity contribution < 1.29 is 9.53 Å². The van der Waals surface area contributed by atoms with Crippen LogP contribution in [-0.2, 0) is 9.53 Å². The van der Waals surface area contributed by atoms with Crippen molar-refractivity contribution in [2.75, 3.05) is 6.61 Å². The number of nitrogens with zero attached hydrogens (tertiary/aromatic N) is 1. The van der Waals surface area contributed by atoms with Gasteiger partial charge in [-0.1, -0.05) is 13.3 Å². The summed E-state index contributed by atoms with van der Waals surface area (Å²) < 4.78 is 4.96. The first-order valence-corrected chi connectivity index (χ1v) is 5.20. The Labute approximate surface area is 84.5 Å². The standard InChI is InChI=1S/C10H18N2O2/c1-2-3-6-14-10(13)7-9(11)12-8-4-5-8/h8H,2-7H2,1H3,(H2,11,12). The second kappa shape index (κ2) is 5.62. The Morgan fingerprint density at radius 1 is 1.57 bits per heavy atom. The van der Waals surface area contributed by atoms with E-state index in [4.69, 9.17) is 10.5 Å². The molecule has 4 nitrogen and oxygen atoms in total. The minimum Gasteiger partial charge on any atom is -0.465 e. The summed E-state index contributed by atoms with van der Waals surface area (Å²) in [5, 5.41) is 0. The van der Waals surface area contributed by atoms with Gasteiger partial charge in [0, 0.05) is 0 Å². The van der Waals surface area contributed by atoms with Gasteiger partial charge in [-0.25, -0.2) is 0 Å². The lowest BCUT2D eigenvalue weighted by atomic mass is 10.3. The van der Waals surface area contributed by atoms with E-state index in [9.17, 15) is 4.79 Å². The monoisotopic (exact) mass is 198 g/mol. The number of carbonyl (C=O) groups excluding carboxylic acids is 1. The van der Waals surface area contributed by atoms with Crippen molar-refractivity contribution in [2.45, 2.75) is 45.1 Å². The third kappa shape index (κ3) is 4.84. The molecule has 0 aromatic carbocycles. The van der Waals surface area contributed by atoms with Crippen molar-refractivity contribution in [1.82, 2.24) is 0 Å². The maximum atomic E-state index is 11.1. The summed E-state index contributed by atoms with van der Waals surface area (Å²) in [5.74, 6) is 0.148. The van der Waals surface area contributed by atoms with Gasteiger partial charge in [-0.2, -0.15) is 0 Å². The van der Waals surface area contributed by atoms with Crippen LogP contribution >= 0.6 is 0 Å². The van der Waals surface area contributed by atoms with Gasteiger partial charge >= 0.3 is 5.97 Å². The molecule has 0 saturated heterocycles. The third-order valence-corrected chi connectivity index (χ3v) is 1.98. The Bertz CT molecular complexity index is 222. The Hall–Kier alpha value is -1.06. The molecule has 0 bridgehead atoms. The van der Waals surface area contributed by atoms with E-state index in [2.05, 4.69) is 11.9 Å². The van der Waals surface area contributed by atoms with E-state index in [-0.39, 0.29) is 12.4 Å². The number of hydrogen-bond acceptors (Lipinski definition) is 3. The van der Waals surface area contributed by atoms with Gasteiger partial charge in [-0.3, -0.25) is 9.79 Å². The SMILES string of the molecule is CCCCOC(=O)CC(N)=NC1CC1. The number of unbranched alkanes of at least 4 members (excludes halogenated alkanes) is 1. The number of carbonyl (C=O) groups is 1. The van der Waals surface area contributed by atoms with Crippen LogP contribution in [0.2, 0.25) is 0 Å². The minimum atomic E-state index is -0.264. The highest BCUT2D eigenvalue weighted by atomic mass is 16.5. The lowest BCUT2D eigenvalue weighted by molar-refractivity contribution is -0.142. The number of aliphatic imine (C=N–C) groups is 1.